The van der Waals surface area contributed by atoms with Crippen LogP contribution in [0.3, 0.4) is 0 Å². The molecule has 10 heteroatoms. The Hall–Kier alpha value is -3.63. The number of halogens is 2. The minimum Gasteiger partial charge on any atom is -0.393 e. The van der Waals surface area contributed by atoms with Gasteiger partial charge >= 0.3 is 0 Å². The third kappa shape index (κ3) is 4.08. The van der Waals surface area contributed by atoms with E-state index in [9.17, 15) is 23.8 Å². The van der Waals surface area contributed by atoms with Crippen molar-refractivity contribution in [3.63, 3.8) is 0 Å². The molecule has 4 aromatic rings. The Kier molecular flexibility index (Phi) is 6.23. The van der Waals surface area contributed by atoms with Gasteiger partial charge in [-0.15, -0.1) is 0 Å². The van der Waals surface area contributed by atoms with Crippen molar-refractivity contribution in [2.24, 2.45) is 0 Å². The number of carbonyl (C=O) groups excluding carboxylic acids is 1. The topological polar surface area (TPSA) is 105 Å². The predicted octanol–water partition coefficient (Wildman–Crippen LogP) is 5.11. The number of hydrogen-bond acceptors (Lipinski definition) is 6. The Labute approximate surface area is 217 Å². The number of rotatable bonds is 5. The molecule has 1 saturated carbocycles. The Morgan fingerprint density at radius 1 is 1.05 bits per heavy atom. The Balaban J connectivity index is 1.50. The van der Waals surface area contributed by atoms with E-state index in [0.29, 0.717) is 53.3 Å². The second kappa shape index (κ2) is 9.59. The first-order valence-electron chi connectivity index (χ1n) is 12.9. The molecule has 2 aromatic carbocycles. The average Bonchev–Trinajstić information content (AvgIpc) is 3.60. The van der Waals surface area contributed by atoms with Gasteiger partial charge in [-0.3, -0.25) is 4.79 Å². The molecular weight excluding hydrogens is 494 g/mol. The summed E-state index contributed by atoms with van der Waals surface area (Å²) in [5.74, 6) is -0.890. The van der Waals surface area contributed by atoms with Crippen LogP contribution in [-0.2, 0) is 11.4 Å². The molecule has 1 saturated heterocycles. The molecule has 8 nitrogen and oxygen atoms in total. The van der Waals surface area contributed by atoms with Gasteiger partial charge in [-0.25, -0.2) is 13.8 Å². The third-order valence-electron chi connectivity index (χ3n) is 7.81. The van der Waals surface area contributed by atoms with Crippen LogP contribution in [0.25, 0.3) is 22.2 Å². The summed E-state index contributed by atoms with van der Waals surface area (Å²) in [6.45, 7) is 1.52. The van der Waals surface area contributed by atoms with Crippen molar-refractivity contribution in [3.8, 4) is 11.1 Å². The number of hydrogen-bond donors (Lipinski definition) is 2. The van der Waals surface area contributed by atoms with Gasteiger partial charge in [-0.05, 0) is 68.9 Å². The Morgan fingerprint density at radius 3 is 2.58 bits per heavy atom. The van der Waals surface area contributed by atoms with Crippen molar-refractivity contribution in [2.45, 2.75) is 70.2 Å². The van der Waals surface area contributed by atoms with Gasteiger partial charge in [0, 0.05) is 29.8 Å². The SMILES string of the molecule is Cc1onc(CO)c1-c1ccc2c(c1)nc([C@@H]1CCC(=O)N1c1ccc(F)c(F)c1)n2[C@H]1CC[C@H](O)CC1. The fourth-order valence-corrected chi connectivity index (χ4v) is 5.99. The maximum atomic E-state index is 14.1. The van der Waals surface area contributed by atoms with Crippen LogP contribution in [0.5, 0.6) is 0 Å². The molecule has 0 spiro atoms. The highest BCUT2D eigenvalue weighted by Crippen LogP contribution is 2.42. The summed E-state index contributed by atoms with van der Waals surface area (Å²) >= 11 is 0. The van der Waals surface area contributed by atoms with Crippen LogP contribution in [0, 0.1) is 18.6 Å². The number of amides is 1. The second-order valence-corrected chi connectivity index (χ2v) is 10.1. The van der Waals surface area contributed by atoms with Gasteiger partial charge < -0.3 is 24.2 Å². The first-order valence-corrected chi connectivity index (χ1v) is 12.9. The predicted molar refractivity (Wildman–Crippen MR) is 135 cm³/mol. The summed E-state index contributed by atoms with van der Waals surface area (Å²) in [5.41, 5.74) is 3.84. The van der Waals surface area contributed by atoms with Crippen molar-refractivity contribution in [1.82, 2.24) is 14.7 Å². The zero-order chi connectivity index (χ0) is 26.6. The third-order valence-corrected chi connectivity index (χ3v) is 7.81. The van der Waals surface area contributed by atoms with Gasteiger partial charge in [-0.1, -0.05) is 11.2 Å². The van der Waals surface area contributed by atoms with Gasteiger partial charge in [0.2, 0.25) is 5.91 Å². The lowest BCUT2D eigenvalue weighted by molar-refractivity contribution is -0.117. The lowest BCUT2D eigenvalue weighted by Gasteiger charge is -2.31. The lowest BCUT2D eigenvalue weighted by atomic mass is 9.92. The van der Waals surface area contributed by atoms with Crippen molar-refractivity contribution in [2.75, 3.05) is 4.90 Å². The highest BCUT2D eigenvalue weighted by atomic mass is 19.2. The molecule has 38 heavy (non-hydrogen) atoms. The van der Waals surface area contributed by atoms with E-state index in [2.05, 4.69) is 9.72 Å². The van der Waals surface area contributed by atoms with Crippen LogP contribution >= 0.6 is 0 Å². The maximum Gasteiger partial charge on any atom is 0.227 e. The molecule has 2 fully saturated rings. The van der Waals surface area contributed by atoms with Crippen LogP contribution in [-0.4, -0.2) is 36.9 Å². The summed E-state index contributed by atoms with van der Waals surface area (Å²) in [4.78, 5) is 19.6. The number of benzene rings is 2. The van der Waals surface area contributed by atoms with Gasteiger partial charge in [-0.2, -0.15) is 0 Å². The van der Waals surface area contributed by atoms with Gasteiger partial charge in [0.05, 0.1) is 29.8 Å². The second-order valence-electron chi connectivity index (χ2n) is 10.1. The van der Waals surface area contributed by atoms with E-state index in [-0.39, 0.29) is 31.1 Å². The molecule has 0 unspecified atom stereocenters. The number of nitrogens with zero attached hydrogens (tertiary/aromatic N) is 4. The number of anilines is 1. The van der Waals surface area contributed by atoms with Gasteiger partial charge in [0.25, 0.3) is 0 Å². The molecule has 0 radical (unpaired) electrons. The van der Waals surface area contributed by atoms with Crippen molar-refractivity contribution < 1.29 is 28.3 Å². The minimum absolute atomic E-state index is 0.0667. The van der Waals surface area contributed by atoms with E-state index >= 15 is 0 Å². The van der Waals surface area contributed by atoms with Crippen LogP contribution in [0.2, 0.25) is 0 Å². The standard InChI is InChI=1S/C28H28F2N4O4/c1-15-27(23(14-35)32-38-15)16-2-9-24-22(12-16)31-28(34(24)17-3-6-19(36)7-4-17)25-10-11-26(37)33(25)18-5-8-20(29)21(30)13-18/h2,5,8-9,12-13,17,19,25,35-36H,3-4,6-7,10-11,14H2,1H3/t17-,19-,25-/m0/s1. The highest BCUT2D eigenvalue weighted by molar-refractivity contribution is 5.96. The summed E-state index contributed by atoms with van der Waals surface area (Å²) in [6.07, 6.45) is 3.26. The normalized spacial score (nSPS) is 22.1. The number of carbonyl (C=O) groups is 1. The molecule has 198 valence electrons. The van der Waals surface area contributed by atoms with Crippen molar-refractivity contribution in [1.29, 1.82) is 0 Å². The average molecular weight is 523 g/mol. The fourth-order valence-electron chi connectivity index (χ4n) is 5.99. The molecule has 6 rings (SSSR count). The van der Waals surface area contributed by atoms with Crippen molar-refractivity contribution in [3.05, 3.63) is 65.3 Å². The van der Waals surface area contributed by atoms with E-state index in [4.69, 9.17) is 9.51 Å². The largest absolute Gasteiger partial charge is 0.393 e. The lowest BCUT2D eigenvalue weighted by Crippen LogP contribution is -2.31. The zero-order valence-corrected chi connectivity index (χ0v) is 20.9. The van der Waals surface area contributed by atoms with E-state index < -0.39 is 17.7 Å². The van der Waals surface area contributed by atoms with Gasteiger partial charge in [0.15, 0.2) is 11.6 Å². The smallest absolute Gasteiger partial charge is 0.227 e. The van der Waals surface area contributed by atoms with Crippen molar-refractivity contribution >= 4 is 22.6 Å². The number of aryl methyl sites for hydroxylation is 1. The number of aromatic nitrogens is 3. The number of imidazole rings is 1. The van der Waals surface area contributed by atoms with E-state index in [1.807, 2.05) is 18.2 Å². The summed E-state index contributed by atoms with van der Waals surface area (Å²) in [7, 11) is 0. The fraction of sp³-hybridized carbons (Fsp3) is 0.393. The first-order chi connectivity index (χ1) is 18.4. The van der Waals surface area contributed by atoms with E-state index in [1.54, 1.807) is 6.92 Å². The summed E-state index contributed by atoms with van der Waals surface area (Å²) in [6, 6.07) is 8.94. The molecule has 1 aliphatic heterocycles. The van der Waals surface area contributed by atoms with E-state index in [0.717, 1.165) is 36.1 Å². The van der Waals surface area contributed by atoms with Crippen LogP contribution < -0.4 is 4.90 Å². The minimum atomic E-state index is -1.01. The first kappa shape index (κ1) is 24.7. The van der Waals surface area contributed by atoms with E-state index in [1.165, 1.54) is 11.0 Å². The monoisotopic (exact) mass is 522 g/mol. The molecule has 3 heterocycles. The summed E-state index contributed by atoms with van der Waals surface area (Å²) < 4.78 is 35.3. The molecule has 1 atom stereocenters. The summed E-state index contributed by atoms with van der Waals surface area (Å²) in [5, 5.41) is 23.8. The van der Waals surface area contributed by atoms with Gasteiger partial charge in [0.1, 0.15) is 17.3 Å². The number of aliphatic hydroxyl groups is 2. The number of aliphatic hydroxyl groups excluding tert-OH is 2. The highest BCUT2D eigenvalue weighted by Gasteiger charge is 2.38. The Morgan fingerprint density at radius 2 is 1.84 bits per heavy atom. The molecule has 1 amide bonds. The van der Waals surface area contributed by atoms with Crippen LogP contribution in [0.1, 0.15) is 67.9 Å². The molecule has 2 aromatic heterocycles. The van der Waals surface area contributed by atoms with Crippen LogP contribution in [0.4, 0.5) is 14.5 Å². The molecule has 2 aliphatic rings. The quantitative estimate of drug-likeness (QED) is 0.377. The molecular formula is C28H28F2N4O4. The van der Waals surface area contributed by atoms with Crippen LogP contribution in [0.15, 0.2) is 40.9 Å². The zero-order valence-electron chi connectivity index (χ0n) is 20.9. The maximum absolute atomic E-state index is 14.1. The Bertz CT molecular complexity index is 1520. The molecule has 1 aliphatic carbocycles. The molecule has 0 bridgehead atoms. The number of fused-ring (bicyclic) bond motifs is 1. The molecule has 2 N–H and O–H groups in total.